The quantitative estimate of drug-likeness (QED) is 0.318. The minimum Gasteiger partial charge on any atom is -0.495 e. The smallest absolute Gasteiger partial charge is 0.265 e. The van der Waals surface area contributed by atoms with Crippen LogP contribution in [0.15, 0.2) is 65.6 Å². The molecule has 3 aromatic carbocycles. The molecule has 220 valence electrons. The number of carbonyl (C=O) groups excluding carboxylic acids is 2. The molecule has 0 aliphatic heterocycles. The summed E-state index contributed by atoms with van der Waals surface area (Å²) in [6, 6.07) is 14.3. The molecule has 1 unspecified atom stereocenters. The first-order chi connectivity index (χ1) is 19.5. The van der Waals surface area contributed by atoms with Gasteiger partial charge in [-0.05, 0) is 55.0 Å². The van der Waals surface area contributed by atoms with Gasteiger partial charge in [0.05, 0.1) is 31.9 Å². The van der Waals surface area contributed by atoms with E-state index in [1.54, 1.807) is 31.2 Å². The highest BCUT2D eigenvalue weighted by Crippen LogP contribution is 2.37. The molecule has 10 nitrogen and oxygen atoms in total. The number of likely N-dealkylation sites (N-methyl/N-ethyl adjacent to an activating group) is 1. The molecule has 1 N–H and O–H groups in total. The number of hydrogen-bond acceptors (Lipinski definition) is 7. The second kappa shape index (κ2) is 13.8. The van der Waals surface area contributed by atoms with E-state index in [0.717, 1.165) is 4.31 Å². The maximum atomic E-state index is 14.2. The molecule has 3 aromatic rings. The van der Waals surface area contributed by atoms with Crippen LogP contribution in [0.5, 0.6) is 17.2 Å². The Bertz CT molecular complexity index is 1500. The molecule has 0 heterocycles. The third-order valence-corrected chi connectivity index (χ3v) is 8.55. The van der Waals surface area contributed by atoms with Gasteiger partial charge in [0.25, 0.3) is 10.0 Å². The minimum absolute atomic E-state index is 0.0154. The van der Waals surface area contributed by atoms with Crippen LogP contribution >= 0.6 is 23.2 Å². The van der Waals surface area contributed by atoms with Gasteiger partial charge in [-0.3, -0.25) is 13.9 Å². The SMILES string of the molecule is CNC(=O)C(C)N(Cc1ccc(Cl)cc1)C(=O)CN(c1cc(Cl)ccc1OC)S(=O)(=O)c1ccc(OC)c(OC)c1. The van der Waals surface area contributed by atoms with Gasteiger partial charge in [0.2, 0.25) is 11.8 Å². The lowest BCUT2D eigenvalue weighted by Gasteiger charge is -2.32. The standard InChI is InChI=1S/C28H31Cl2N3O7S/c1-18(28(35)31-2)32(16-19-6-8-20(29)9-7-19)27(34)17-33(23-14-21(30)10-12-24(23)38-3)41(36,37)22-11-13-25(39-4)26(15-22)40-5/h6-15,18H,16-17H2,1-5H3,(H,31,35). The zero-order valence-corrected chi connectivity index (χ0v) is 25.5. The van der Waals surface area contributed by atoms with Crippen LogP contribution in [-0.2, 0) is 26.2 Å². The lowest BCUT2D eigenvalue weighted by Crippen LogP contribution is -2.50. The van der Waals surface area contributed by atoms with Crippen LogP contribution in [0.1, 0.15) is 12.5 Å². The molecule has 0 bridgehead atoms. The maximum Gasteiger partial charge on any atom is 0.265 e. The number of anilines is 1. The molecule has 0 aromatic heterocycles. The fraction of sp³-hybridized carbons (Fsp3) is 0.286. The number of hydrogen-bond donors (Lipinski definition) is 1. The van der Waals surface area contributed by atoms with E-state index in [0.29, 0.717) is 16.3 Å². The summed E-state index contributed by atoms with van der Waals surface area (Å²) in [5.41, 5.74) is 0.718. The van der Waals surface area contributed by atoms with Gasteiger partial charge in [0.15, 0.2) is 11.5 Å². The Kier molecular flexibility index (Phi) is 10.7. The second-order valence-corrected chi connectivity index (χ2v) is 11.5. The van der Waals surface area contributed by atoms with Crippen molar-refractivity contribution >= 4 is 50.7 Å². The van der Waals surface area contributed by atoms with Gasteiger partial charge in [-0.2, -0.15) is 0 Å². The van der Waals surface area contributed by atoms with Crippen molar-refractivity contribution in [2.24, 2.45) is 0 Å². The van der Waals surface area contributed by atoms with Gasteiger partial charge < -0.3 is 24.4 Å². The van der Waals surface area contributed by atoms with Crippen molar-refractivity contribution in [2.45, 2.75) is 24.4 Å². The minimum atomic E-state index is -4.43. The van der Waals surface area contributed by atoms with Gasteiger partial charge in [-0.15, -0.1) is 0 Å². The molecule has 0 aliphatic rings. The van der Waals surface area contributed by atoms with Gasteiger partial charge in [0, 0.05) is 29.7 Å². The number of nitrogens with zero attached hydrogens (tertiary/aromatic N) is 2. The predicted octanol–water partition coefficient (Wildman–Crippen LogP) is 4.38. The van der Waals surface area contributed by atoms with E-state index < -0.39 is 34.4 Å². The van der Waals surface area contributed by atoms with E-state index in [1.807, 2.05) is 0 Å². The van der Waals surface area contributed by atoms with Crippen LogP contribution in [0.4, 0.5) is 5.69 Å². The van der Waals surface area contributed by atoms with Crippen LogP contribution in [0, 0.1) is 0 Å². The number of halogens is 2. The van der Waals surface area contributed by atoms with E-state index in [4.69, 9.17) is 37.4 Å². The summed E-state index contributed by atoms with van der Waals surface area (Å²) < 4.78 is 45.2. The van der Waals surface area contributed by atoms with Crippen LogP contribution in [0.3, 0.4) is 0 Å². The monoisotopic (exact) mass is 623 g/mol. The highest BCUT2D eigenvalue weighted by molar-refractivity contribution is 7.92. The Balaban J connectivity index is 2.14. The summed E-state index contributed by atoms with van der Waals surface area (Å²) in [6.07, 6.45) is 0. The van der Waals surface area contributed by atoms with Crippen molar-refractivity contribution in [1.29, 1.82) is 0 Å². The summed E-state index contributed by atoms with van der Waals surface area (Å²) in [7, 11) is 1.20. The lowest BCUT2D eigenvalue weighted by molar-refractivity contribution is -0.139. The van der Waals surface area contributed by atoms with Crippen LogP contribution in [-0.4, -0.2) is 66.1 Å². The van der Waals surface area contributed by atoms with Gasteiger partial charge in [-0.25, -0.2) is 8.42 Å². The average Bonchev–Trinajstić information content (AvgIpc) is 2.98. The zero-order chi connectivity index (χ0) is 30.3. The molecular formula is C28H31Cl2N3O7S. The highest BCUT2D eigenvalue weighted by Gasteiger charge is 2.34. The van der Waals surface area contributed by atoms with Crippen molar-refractivity contribution in [1.82, 2.24) is 10.2 Å². The fourth-order valence-corrected chi connectivity index (χ4v) is 5.78. The summed E-state index contributed by atoms with van der Waals surface area (Å²) in [4.78, 5) is 27.7. The van der Waals surface area contributed by atoms with E-state index in [1.165, 1.54) is 69.7 Å². The Morgan fingerprint density at radius 1 is 0.854 bits per heavy atom. The van der Waals surface area contributed by atoms with Gasteiger partial charge in [-0.1, -0.05) is 35.3 Å². The van der Waals surface area contributed by atoms with E-state index in [2.05, 4.69) is 5.32 Å². The molecule has 13 heteroatoms. The molecule has 0 aliphatic carbocycles. The van der Waals surface area contributed by atoms with E-state index >= 15 is 0 Å². The van der Waals surface area contributed by atoms with Crippen molar-refractivity contribution < 1.29 is 32.2 Å². The van der Waals surface area contributed by atoms with Crippen LogP contribution in [0.2, 0.25) is 10.0 Å². The number of amides is 2. The number of ether oxygens (including phenoxy) is 3. The molecule has 0 saturated heterocycles. The van der Waals surface area contributed by atoms with Gasteiger partial charge >= 0.3 is 0 Å². The van der Waals surface area contributed by atoms with Crippen LogP contribution in [0.25, 0.3) is 0 Å². The van der Waals surface area contributed by atoms with E-state index in [-0.39, 0.29) is 33.6 Å². The predicted molar refractivity (Wildman–Crippen MR) is 158 cm³/mol. The zero-order valence-electron chi connectivity index (χ0n) is 23.2. The summed E-state index contributed by atoms with van der Waals surface area (Å²) >= 11 is 12.3. The average molecular weight is 625 g/mol. The normalized spacial score (nSPS) is 11.8. The topological polar surface area (TPSA) is 114 Å². The summed E-state index contributed by atoms with van der Waals surface area (Å²) in [5, 5.41) is 3.26. The first-order valence-corrected chi connectivity index (χ1v) is 14.5. The number of rotatable bonds is 12. The number of sulfonamides is 1. The van der Waals surface area contributed by atoms with Crippen molar-refractivity contribution in [3.63, 3.8) is 0 Å². The number of carbonyl (C=O) groups is 2. The fourth-order valence-electron chi connectivity index (χ4n) is 4.05. The Labute approximate surface area is 249 Å². The number of benzene rings is 3. The molecular weight excluding hydrogens is 593 g/mol. The third-order valence-electron chi connectivity index (χ3n) is 6.31. The summed E-state index contributed by atoms with van der Waals surface area (Å²) in [5.74, 6) is -0.419. The van der Waals surface area contributed by atoms with Crippen molar-refractivity contribution in [3.8, 4) is 17.2 Å². The summed E-state index contributed by atoms with van der Waals surface area (Å²) in [6.45, 7) is 0.892. The molecule has 1 atom stereocenters. The highest BCUT2D eigenvalue weighted by atomic mass is 35.5. The first kappa shape index (κ1) is 31.9. The van der Waals surface area contributed by atoms with Gasteiger partial charge in [0.1, 0.15) is 18.3 Å². The Hall–Kier alpha value is -3.67. The molecule has 0 spiro atoms. The molecule has 41 heavy (non-hydrogen) atoms. The molecule has 2 amide bonds. The number of nitrogens with one attached hydrogen (secondary N) is 1. The lowest BCUT2D eigenvalue weighted by atomic mass is 10.1. The molecule has 0 radical (unpaired) electrons. The van der Waals surface area contributed by atoms with E-state index in [9.17, 15) is 18.0 Å². The Morgan fingerprint density at radius 2 is 1.44 bits per heavy atom. The Morgan fingerprint density at radius 3 is 2.02 bits per heavy atom. The largest absolute Gasteiger partial charge is 0.495 e. The maximum absolute atomic E-state index is 14.2. The molecule has 0 fully saturated rings. The first-order valence-electron chi connectivity index (χ1n) is 12.3. The van der Waals surface area contributed by atoms with Crippen LogP contribution < -0.4 is 23.8 Å². The molecule has 0 saturated carbocycles. The number of methoxy groups -OCH3 is 3. The van der Waals surface area contributed by atoms with Crippen molar-refractivity contribution in [2.75, 3.05) is 39.2 Å². The second-order valence-electron chi connectivity index (χ2n) is 8.78. The third kappa shape index (κ3) is 7.35. The molecule has 3 rings (SSSR count). The van der Waals surface area contributed by atoms with Crippen molar-refractivity contribution in [3.05, 3.63) is 76.3 Å².